The molecule has 1 aromatic carbocycles. The van der Waals surface area contributed by atoms with Gasteiger partial charge >= 0.3 is 0 Å². The number of anilines is 1. The summed E-state index contributed by atoms with van der Waals surface area (Å²) in [7, 11) is -2.08. The number of sulfonamides is 1. The van der Waals surface area contributed by atoms with Crippen molar-refractivity contribution in [2.45, 2.75) is 24.3 Å². The second kappa shape index (κ2) is 7.14. The SMILES string of the molecule is COc1ccc(S(=O)(=O)NCc2nccc(N3CCCC3)n2)cc1. The van der Waals surface area contributed by atoms with Crippen molar-refractivity contribution in [1.29, 1.82) is 0 Å². The van der Waals surface area contributed by atoms with Gasteiger partial charge in [-0.15, -0.1) is 0 Å². The van der Waals surface area contributed by atoms with Crippen LogP contribution >= 0.6 is 0 Å². The molecular weight excluding hydrogens is 328 g/mol. The third kappa shape index (κ3) is 3.82. The van der Waals surface area contributed by atoms with E-state index in [4.69, 9.17) is 4.74 Å². The number of benzene rings is 1. The van der Waals surface area contributed by atoms with Gasteiger partial charge in [0.2, 0.25) is 10.0 Å². The van der Waals surface area contributed by atoms with E-state index in [-0.39, 0.29) is 11.4 Å². The maximum atomic E-state index is 12.3. The van der Waals surface area contributed by atoms with E-state index in [0.29, 0.717) is 11.6 Å². The molecule has 0 radical (unpaired) electrons. The molecule has 2 aromatic rings. The number of hydrogen-bond acceptors (Lipinski definition) is 6. The first-order valence-electron chi connectivity index (χ1n) is 7.79. The van der Waals surface area contributed by atoms with Crippen LogP contribution in [0.25, 0.3) is 0 Å². The molecule has 0 spiro atoms. The second-order valence-electron chi connectivity index (χ2n) is 5.53. The van der Waals surface area contributed by atoms with Gasteiger partial charge in [-0.3, -0.25) is 0 Å². The molecule has 1 saturated heterocycles. The van der Waals surface area contributed by atoms with Gasteiger partial charge in [-0.1, -0.05) is 0 Å². The lowest BCUT2D eigenvalue weighted by Gasteiger charge is -2.16. The van der Waals surface area contributed by atoms with Crippen LogP contribution in [-0.4, -0.2) is 38.6 Å². The van der Waals surface area contributed by atoms with Crippen LogP contribution in [0, 0.1) is 0 Å². The number of aromatic nitrogens is 2. The van der Waals surface area contributed by atoms with Gasteiger partial charge in [0.15, 0.2) is 0 Å². The van der Waals surface area contributed by atoms with E-state index in [2.05, 4.69) is 19.6 Å². The van der Waals surface area contributed by atoms with Crippen molar-refractivity contribution in [3.63, 3.8) is 0 Å². The van der Waals surface area contributed by atoms with Crippen molar-refractivity contribution in [3.05, 3.63) is 42.4 Å². The van der Waals surface area contributed by atoms with Gasteiger partial charge in [0.05, 0.1) is 18.6 Å². The van der Waals surface area contributed by atoms with Crippen LogP contribution in [0.2, 0.25) is 0 Å². The summed E-state index contributed by atoms with van der Waals surface area (Å²) in [4.78, 5) is 11.0. The molecule has 1 aliphatic rings. The Morgan fingerprint density at radius 1 is 1.17 bits per heavy atom. The van der Waals surface area contributed by atoms with E-state index in [9.17, 15) is 8.42 Å². The molecule has 3 rings (SSSR count). The highest BCUT2D eigenvalue weighted by Crippen LogP contribution is 2.18. The van der Waals surface area contributed by atoms with Crippen LogP contribution in [0.4, 0.5) is 5.82 Å². The lowest BCUT2D eigenvalue weighted by Crippen LogP contribution is -2.25. The lowest BCUT2D eigenvalue weighted by atomic mass is 10.3. The van der Waals surface area contributed by atoms with Gasteiger partial charge < -0.3 is 9.64 Å². The minimum atomic E-state index is -3.61. The highest BCUT2D eigenvalue weighted by atomic mass is 32.2. The maximum Gasteiger partial charge on any atom is 0.240 e. The summed E-state index contributed by atoms with van der Waals surface area (Å²) >= 11 is 0. The van der Waals surface area contributed by atoms with Crippen molar-refractivity contribution in [1.82, 2.24) is 14.7 Å². The summed E-state index contributed by atoms with van der Waals surface area (Å²) in [5.74, 6) is 1.91. The molecule has 1 N–H and O–H groups in total. The predicted octanol–water partition coefficient (Wildman–Crippen LogP) is 1.56. The Balaban J connectivity index is 1.68. The molecule has 128 valence electrons. The third-order valence-corrected chi connectivity index (χ3v) is 5.33. The van der Waals surface area contributed by atoms with Crippen LogP contribution in [0.3, 0.4) is 0 Å². The molecule has 8 heteroatoms. The number of hydrogen-bond donors (Lipinski definition) is 1. The van der Waals surface area contributed by atoms with Crippen molar-refractivity contribution >= 4 is 15.8 Å². The molecule has 24 heavy (non-hydrogen) atoms. The topological polar surface area (TPSA) is 84.4 Å². The number of methoxy groups -OCH3 is 1. The van der Waals surface area contributed by atoms with Crippen molar-refractivity contribution in [3.8, 4) is 5.75 Å². The standard InChI is InChI=1S/C16H20N4O3S/c1-23-13-4-6-14(7-5-13)24(21,22)18-12-15-17-9-8-16(19-15)20-10-2-3-11-20/h4-9,18H,2-3,10-12H2,1H3. The van der Waals surface area contributed by atoms with Gasteiger partial charge in [0.25, 0.3) is 0 Å². The van der Waals surface area contributed by atoms with E-state index in [1.54, 1.807) is 18.3 Å². The van der Waals surface area contributed by atoms with E-state index in [0.717, 1.165) is 31.7 Å². The van der Waals surface area contributed by atoms with Crippen LogP contribution in [-0.2, 0) is 16.6 Å². The number of ether oxygens (including phenoxy) is 1. The molecule has 1 aliphatic heterocycles. The van der Waals surface area contributed by atoms with Crippen molar-refractivity contribution < 1.29 is 13.2 Å². The van der Waals surface area contributed by atoms with Crippen LogP contribution in [0.5, 0.6) is 5.75 Å². The number of rotatable bonds is 6. The molecule has 0 amide bonds. The zero-order valence-corrected chi connectivity index (χ0v) is 14.3. The fourth-order valence-corrected chi connectivity index (χ4v) is 3.57. The summed E-state index contributed by atoms with van der Waals surface area (Å²) < 4.78 is 32.2. The molecule has 7 nitrogen and oxygen atoms in total. The summed E-state index contributed by atoms with van der Waals surface area (Å²) in [5, 5.41) is 0. The Morgan fingerprint density at radius 2 is 1.88 bits per heavy atom. The van der Waals surface area contributed by atoms with Crippen molar-refractivity contribution in [2.75, 3.05) is 25.1 Å². The molecule has 0 saturated carbocycles. The minimum Gasteiger partial charge on any atom is -0.497 e. The molecule has 0 aliphatic carbocycles. The van der Waals surface area contributed by atoms with Crippen LogP contribution in [0.1, 0.15) is 18.7 Å². The van der Waals surface area contributed by atoms with Crippen LogP contribution in [0.15, 0.2) is 41.4 Å². The van der Waals surface area contributed by atoms with E-state index in [1.807, 2.05) is 6.07 Å². The smallest absolute Gasteiger partial charge is 0.240 e. The molecule has 2 heterocycles. The van der Waals surface area contributed by atoms with E-state index in [1.165, 1.54) is 19.2 Å². The zero-order chi connectivity index (χ0) is 17.0. The first kappa shape index (κ1) is 16.7. The Morgan fingerprint density at radius 3 is 2.54 bits per heavy atom. The van der Waals surface area contributed by atoms with E-state index < -0.39 is 10.0 Å². The van der Waals surface area contributed by atoms with Gasteiger partial charge in [-0.05, 0) is 43.2 Å². The lowest BCUT2D eigenvalue weighted by molar-refractivity contribution is 0.414. The number of nitrogens with zero attached hydrogens (tertiary/aromatic N) is 3. The molecule has 0 unspecified atom stereocenters. The summed E-state index contributed by atoms with van der Waals surface area (Å²) in [6.45, 7) is 2.01. The summed E-state index contributed by atoms with van der Waals surface area (Å²) in [6.07, 6.45) is 3.98. The van der Waals surface area contributed by atoms with Gasteiger partial charge in [0.1, 0.15) is 17.4 Å². The van der Waals surface area contributed by atoms with Gasteiger partial charge in [-0.2, -0.15) is 0 Å². The predicted molar refractivity (Wildman–Crippen MR) is 90.5 cm³/mol. The molecule has 0 bridgehead atoms. The largest absolute Gasteiger partial charge is 0.497 e. The van der Waals surface area contributed by atoms with E-state index >= 15 is 0 Å². The normalized spacial score (nSPS) is 14.8. The van der Waals surface area contributed by atoms with Gasteiger partial charge in [-0.25, -0.2) is 23.1 Å². The molecule has 1 fully saturated rings. The molecule has 0 atom stereocenters. The quantitative estimate of drug-likeness (QED) is 0.853. The fraction of sp³-hybridized carbons (Fsp3) is 0.375. The Hall–Kier alpha value is -2.19. The molecule has 1 aromatic heterocycles. The third-order valence-electron chi connectivity index (χ3n) is 3.91. The average molecular weight is 348 g/mol. The highest BCUT2D eigenvalue weighted by molar-refractivity contribution is 7.89. The summed E-state index contributed by atoms with van der Waals surface area (Å²) in [6, 6.07) is 8.08. The Labute approximate surface area is 141 Å². The summed E-state index contributed by atoms with van der Waals surface area (Å²) in [5.41, 5.74) is 0. The fourth-order valence-electron chi connectivity index (χ4n) is 2.59. The first-order chi connectivity index (χ1) is 11.6. The monoisotopic (exact) mass is 348 g/mol. The van der Waals surface area contributed by atoms with Crippen molar-refractivity contribution in [2.24, 2.45) is 0 Å². The second-order valence-corrected chi connectivity index (χ2v) is 7.29. The molecular formula is C16H20N4O3S. The number of nitrogens with one attached hydrogen (secondary N) is 1. The first-order valence-corrected chi connectivity index (χ1v) is 9.27. The van der Waals surface area contributed by atoms with Gasteiger partial charge in [0, 0.05) is 19.3 Å². The minimum absolute atomic E-state index is 0.0516. The maximum absolute atomic E-state index is 12.3. The average Bonchev–Trinajstić information content (AvgIpc) is 3.15. The Kier molecular flexibility index (Phi) is 4.96. The Bertz CT molecular complexity index is 787. The zero-order valence-electron chi connectivity index (χ0n) is 13.5. The van der Waals surface area contributed by atoms with Crippen LogP contribution < -0.4 is 14.4 Å². The highest BCUT2D eigenvalue weighted by Gasteiger charge is 2.16.